The van der Waals surface area contributed by atoms with E-state index in [9.17, 15) is 0 Å². The Hall–Kier alpha value is -2.26. The Bertz CT molecular complexity index is 606. The summed E-state index contributed by atoms with van der Waals surface area (Å²) in [6.07, 6.45) is 0. The zero-order chi connectivity index (χ0) is 14.7. The molecule has 0 bridgehead atoms. The van der Waals surface area contributed by atoms with Crippen LogP contribution in [0.2, 0.25) is 0 Å². The summed E-state index contributed by atoms with van der Waals surface area (Å²) in [6.45, 7) is 5.71. The van der Waals surface area contributed by atoms with Crippen LogP contribution in [0.3, 0.4) is 0 Å². The average Bonchev–Trinajstić information content (AvgIpc) is 2.85. The number of rotatable bonds is 6. The molecular weight excluding hydrogens is 260 g/mol. The van der Waals surface area contributed by atoms with Crippen LogP contribution in [0.5, 0.6) is 0 Å². The lowest BCUT2D eigenvalue weighted by molar-refractivity contribution is 0.185. The molecule has 2 aromatic carbocycles. The number of hydrogen-bond donors (Lipinski definition) is 2. The Morgan fingerprint density at radius 2 is 1.62 bits per heavy atom. The van der Waals surface area contributed by atoms with Crippen LogP contribution in [0.1, 0.15) is 17.0 Å². The summed E-state index contributed by atoms with van der Waals surface area (Å²) in [4.78, 5) is 0. The van der Waals surface area contributed by atoms with Gasteiger partial charge in [-0.3, -0.25) is 0 Å². The van der Waals surface area contributed by atoms with E-state index in [1.165, 1.54) is 22.3 Å². The highest BCUT2D eigenvalue weighted by molar-refractivity contribution is 5.78. The van der Waals surface area contributed by atoms with Gasteiger partial charge in [0.05, 0.1) is 0 Å². The fourth-order valence-electron chi connectivity index (χ4n) is 2.89. The Morgan fingerprint density at radius 1 is 1.05 bits per heavy atom. The molecule has 3 nitrogen and oxygen atoms in total. The summed E-state index contributed by atoms with van der Waals surface area (Å²) >= 11 is 0. The van der Waals surface area contributed by atoms with Crippen molar-refractivity contribution in [3.63, 3.8) is 0 Å². The van der Waals surface area contributed by atoms with Gasteiger partial charge in [0.15, 0.2) is 5.88 Å². The first-order valence-corrected chi connectivity index (χ1v) is 7.25. The van der Waals surface area contributed by atoms with Crippen LogP contribution >= 0.6 is 0 Å². The first-order valence-electron chi connectivity index (χ1n) is 7.25. The van der Waals surface area contributed by atoms with Crippen LogP contribution in [-0.4, -0.2) is 19.7 Å². The molecule has 0 aromatic heterocycles. The largest absolute Gasteiger partial charge is 0.479 e. The molecule has 0 atom stereocenters. The minimum absolute atomic E-state index is 0.258. The molecule has 0 radical (unpaired) electrons. The minimum atomic E-state index is 0.258. The third kappa shape index (κ3) is 2.65. The van der Waals surface area contributed by atoms with Crippen LogP contribution in [0, 0.1) is 0 Å². The third-order valence-electron chi connectivity index (χ3n) is 3.85. The molecule has 1 aliphatic carbocycles. The quantitative estimate of drug-likeness (QED) is 0.800. The van der Waals surface area contributed by atoms with E-state index in [0.717, 1.165) is 0 Å². The molecule has 1 aliphatic rings. The zero-order valence-corrected chi connectivity index (χ0v) is 12.0. The molecule has 0 saturated carbocycles. The predicted octanol–water partition coefficient (Wildman–Crippen LogP) is 2.84. The molecule has 21 heavy (non-hydrogen) atoms. The number of nitrogens with two attached hydrogens (primary N) is 1. The molecule has 3 N–H and O–H groups in total. The van der Waals surface area contributed by atoms with E-state index < -0.39 is 0 Å². The molecular formula is C18H20N2O. The monoisotopic (exact) mass is 280 g/mol. The molecule has 0 amide bonds. The smallest absolute Gasteiger partial charge is 0.179 e. The van der Waals surface area contributed by atoms with Crippen molar-refractivity contribution in [2.75, 3.05) is 19.7 Å². The first-order chi connectivity index (χ1) is 10.3. The summed E-state index contributed by atoms with van der Waals surface area (Å²) in [5.74, 6) is 0.844. The second-order valence-corrected chi connectivity index (χ2v) is 5.18. The molecule has 0 fully saturated rings. The lowest BCUT2D eigenvalue weighted by atomic mass is 9.98. The molecule has 108 valence electrons. The van der Waals surface area contributed by atoms with Gasteiger partial charge in [0.25, 0.3) is 0 Å². The lowest BCUT2D eigenvalue weighted by Crippen LogP contribution is -2.23. The minimum Gasteiger partial charge on any atom is -0.479 e. The van der Waals surface area contributed by atoms with Gasteiger partial charge in [0.2, 0.25) is 0 Å². The van der Waals surface area contributed by atoms with Crippen LogP contribution in [0.4, 0.5) is 0 Å². The molecule has 0 spiro atoms. The standard InChI is InChI=1S/C18H20N2O/c1-13(20-11-10-19)21-12-18-16-8-4-2-6-14(16)15-7-3-5-9-17(15)18/h2-9,18,20H,1,10-12,19H2. The maximum atomic E-state index is 5.78. The number of nitrogens with one attached hydrogen (secondary N) is 1. The van der Waals surface area contributed by atoms with Crippen molar-refractivity contribution < 1.29 is 4.74 Å². The van der Waals surface area contributed by atoms with E-state index in [1.54, 1.807) is 0 Å². The second-order valence-electron chi connectivity index (χ2n) is 5.18. The van der Waals surface area contributed by atoms with Gasteiger partial charge >= 0.3 is 0 Å². The lowest BCUT2D eigenvalue weighted by Gasteiger charge is -2.17. The average molecular weight is 280 g/mol. The van der Waals surface area contributed by atoms with Crippen molar-refractivity contribution in [2.24, 2.45) is 5.73 Å². The Kier molecular flexibility index (Phi) is 3.93. The van der Waals surface area contributed by atoms with Gasteiger partial charge < -0.3 is 15.8 Å². The van der Waals surface area contributed by atoms with Gasteiger partial charge in [-0.15, -0.1) is 0 Å². The van der Waals surface area contributed by atoms with Gasteiger partial charge in [-0.05, 0) is 28.8 Å². The summed E-state index contributed by atoms with van der Waals surface area (Å²) in [5.41, 5.74) is 10.7. The number of benzene rings is 2. The Balaban J connectivity index is 1.81. The Morgan fingerprint density at radius 3 is 2.19 bits per heavy atom. The van der Waals surface area contributed by atoms with Crippen LogP contribution in [0.15, 0.2) is 61.0 Å². The van der Waals surface area contributed by atoms with Crippen molar-refractivity contribution >= 4 is 0 Å². The maximum absolute atomic E-state index is 5.78. The highest BCUT2D eigenvalue weighted by Crippen LogP contribution is 2.44. The van der Waals surface area contributed by atoms with E-state index in [-0.39, 0.29) is 5.92 Å². The highest BCUT2D eigenvalue weighted by Gasteiger charge is 2.28. The second kappa shape index (κ2) is 6.02. The number of fused-ring (bicyclic) bond motifs is 3. The molecule has 3 rings (SSSR count). The summed E-state index contributed by atoms with van der Waals surface area (Å²) in [7, 11) is 0. The van der Waals surface area contributed by atoms with Crippen molar-refractivity contribution in [1.29, 1.82) is 0 Å². The fourth-order valence-corrected chi connectivity index (χ4v) is 2.89. The van der Waals surface area contributed by atoms with Crippen LogP contribution in [0.25, 0.3) is 11.1 Å². The van der Waals surface area contributed by atoms with Crippen molar-refractivity contribution in [3.8, 4) is 11.1 Å². The van der Waals surface area contributed by atoms with Gasteiger partial charge in [-0.1, -0.05) is 48.5 Å². The van der Waals surface area contributed by atoms with Crippen molar-refractivity contribution in [2.45, 2.75) is 5.92 Å². The normalized spacial score (nSPS) is 12.6. The zero-order valence-electron chi connectivity index (χ0n) is 12.0. The van der Waals surface area contributed by atoms with Crippen molar-refractivity contribution in [3.05, 3.63) is 72.1 Å². The number of hydrogen-bond acceptors (Lipinski definition) is 3. The van der Waals surface area contributed by atoms with E-state index in [4.69, 9.17) is 10.5 Å². The SMILES string of the molecule is C=C(NCCN)OCC1c2ccccc2-c2ccccc21. The van der Waals surface area contributed by atoms with Gasteiger partial charge in [0.1, 0.15) is 6.61 Å². The molecule has 0 unspecified atom stereocenters. The molecule has 0 saturated heterocycles. The van der Waals surface area contributed by atoms with Gasteiger partial charge in [-0.25, -0.2) is 0 Å². The van der Waals surface area contributed by atoms with Gasteiger partial charge in [0, 0.05) is 19.0 Å². The molecule has 3 heteroatoms. The summed E-state index contributed by atoms with van der Waals surface area (Å²) in [5, 5.41) is 3.06. The van der Waals surface area contributed by atoms with E-state index in [1.807, 2.05) is 0 Å². The molecule has 2 aromatic rings. The van der Waals surface area contributed by atoms with Crippen LogP contribution < -0.4 is 11.1 Å². The van der Waals surface area contributed by atoms with Crippen molar-refractivity contribution in [1.82, 2.24) is 5.32 Å². The molecule has 0 aliphatic heterocycles. The Labute approximate surface area is 125 Å². The van der Waals surface area contributed by atoms with E-state index in [2.05, 4.69) is 60.4 Å². The van der Waals surface area contributed by atoms with Crippen LogP contribution in [-0.2, 0) is 4.74 Å². The predicted molar refractivity (Wildman–Crippen MR) is 85.9 cm³/mol. The number of ether oxygens (including phenoxy) is 1. The van der Waals surface area contributed by atoms with E-state index >= 15 is 0 Å². The van der Waals surface area contributed by atoms with Gasteiger partial charge in [-0.2, -0.15) is 0 Å². The fraction of sp³-hybridized carbons (Fsp3) is 0.222. The first kappa shape index (κ1) is 13.7. The summed E-state index contributed by atoms with van der Waals surface area (Å²) < 4.78 is 5.78. The summed E-state index contributed by atoms with van der Waals surface area (Å²) in [6, 6.07) is 17.0. The highest BCUT2D eigenvalue weighted by atomic mass is 16.5. The molecule has 0 heterocycles. The maximum Gasteiger partial charge on any atom is 0.179 e. The van der Waals surface area contributed by atoms with E-state index in [0.29, 0.717) is 25.6 Å². The topological polar surface area (TPSA) is 47.3 Å². The third-order valence-corrected chi connectivity index (χ3v) is 3.85.